The molecule has 0 bridgehead atoms. The van der Waals surface area contributed by atoms with Gasteiger partial charge in [-0.05, 0) is 33.0 Å². The van der Waals surface area contributed by atoms with E-state index < -0.39 is 0 Å². The summed E-state index contributed by atoms with van der Waals surface area (Å²) in [6.07, 6.45) is 0. The normalized spacial score (nSPS) is 12.0. The molecule has 1 heterocycles. The van der Waals surface area contributed by atoms with Gasteiger partial charge in [-0.1, -0.05) is 12.1 Å². The number of aryl methyl sites for hydroxylation is 1. The Morgan fingerprint density at radius 1 is 1.41 bits per heavy atom. The standard InChI is InChI=1S/C16H21N3O2S/c1-11(17-3)8-18-16(20)14-6-4-5-7-15(14)21-9-13-10-22-12(2)19-13/h4-7,10-11,17H,8-9H2,1-3H3,(H,18,20). The zero-order valence-electron chi connectivity index (χ0n) is 13.1. The van der Waals surface area contributed by atoms with E-state index >= 15 is 0 Å². The Kier molecular flexibility index (Phi) is 5.91. The molecule has 0 spiro atoms. The molecule has 2 aromatic rings. The quantitative estimate of drug-likeness (QED) is 0.822. The van der Waals surface area contributed by atoms with E-state index in [1.165, 1.54) is 0 Å². The van der Waals surface area contributed by atoms with Crippen LogP contribution in [0.2, 0.25) is 0 Å². The van der Waals surface area contributed by atoms with Crippen molar-refractivity contribution in [3.05, 3.63) is 45.9 Å². The van der Waals surface area contributed by atoms with Crippen LogP contribution in [0, 0.1) is 6.92 Å². The van der Waals surface area contributed by atoms with Crippen molar-refractivity contribution >= 4 is 17.2 Å². The molecule has 1 atom stereocenters. The fourth-order valence-corrected chi connectivity index (χ4v) is 2.45. The minimum absolute atomic E-state index is 0.132. The third-order valence-electron chi connectivity index (χ3n) is 3.24. The van der Waals surface area contributed by atoms with Gasteiger partial charge >= 0.3 is 0 Å². The number of likely N-dealkylation sites (N-methyl/N-ethyl adjacent to an activating group) is 1. The van der Waals surface area contributed by atoms with E-state index in [0.717, 1.165) is 10.7 Å². The summed E-state index contributed by atoms with van der Waals surface area (Å²) >= 11 is 1.59. The lowest BCUT2D eigenvalue weighted by molar-refractivity contribution is 0.0946. The predicted octanol–water partition coefficient (Wildman–Crippen LogP) is 2.37. The van der Waals surface area contributed by atoms with Crippen LogP contribution in [0.25, 0.3) is 0 Å². The second-order valence-electron chi connectivity index (χ2n) is 5.04. The summed E-state index contributed by atoms with van der Waals surface area (Å²) in [5, 5.41) is 8.95. The van der Waals surface area contributed by atoms with Gasteiger partial charge in [-0.25, -0.2) is 4.98 Å². The maximum Gasteiger partial charge on any atom is 0.255 e. The molecule has 0 saturated carbocycles. The Morgan fingerprint density at radius 3 is 2.86 bits per heavy atom. The number of hydrogen-bond acceptors (Lipinski definition) is 5. The zero-order valence-corrected chi connectivity index (χ0v) is 13.9. The van der Waals surface area contributed by atoms with Gasteiger partial charge in [-0.2, -0.15) is 0 Å². The number of nitrogens with zero attached hydrogens (tertiary/aromatic N) is 1. The van der Waals surface area contributed by atoms with Crippen molar-refractivity contribution in [2.75, 3.05) is 13.6 Å². The Bertz CT molecular complexity index is 627. The van der Waals surface area contributed by atoms with E-state index in [1.54, 1.807) is 23.5 Å². The molecule has 6 heteroatoms. The summed E-state index contributed by atoms with van der Waals surface area (Å²) in [6, 6.07) is 7.47. The maximum atomic E-state index is 12.3. The average molecular weight is 319 g/mol. The highest BCUT2D eigenvalue weighted by atomic mass is 32.1. The molecule has 0 aliphatic carbocycles. The second kappa shape index (κ2) is 7.91. The zero-order chi connectivity index (χ0) is 15.9. The molecule has 118 valence electrons. The molecule has 1 aromatic carbocycles. The monoisotopic (exact) mass is 319 g/mol. The minimum Gasteiger partial charge on any atom is -0.486 e. The van der Waals surface area contributed by atoms with Crippen LogP contribution in [0.4, 0.5) is 0 Å². The van der Waals surface area contributed by atoms with Crippen LogP contribution in [0.3, 0.4) is 0 Å². The number of rotatable bonds is 7. The first kappa shape index (κ1) is 16.5. The average Bonchev–Trinajstić information content (AvgIpc) is 2.96. The fraction of sp³-hybridized carbons (Fsp3) is 0.375. The Labute approximate surface area is 134 Å². The van der Waals surface area contributed by atoms with Gasteiger partial charge in [0, 0.05) is 18.0 Å². The van der Waals surface area contributed by atoms with Crippen molar-refractivity contribution in [2.24, 2.45) is 0 Å². The molecule has 0 saturated heterocycles. The van der Waals surface area contributed by atoms with Crippen molar-refractivity contribution in [1.29, 1.82) is 0 Å². The first-order chi connectivity index (χ1) is 10.6. The highest BCUT2D eigenvalue weighted by Crippen LogP contribution is 2.19. The largest absolute Gasteiger partial charge is 0.486 e. The molecular formula is C16H21N3O2S. The number of carbonyl (C=O) groups excluding carboxylic acids is 1. The third kappa shape index (κ3) is 4.54. The first-order valence-electron chi connectivity index (χ1n) is 7.18. The highest BCUT2D eigenvalue weighted by molar-refractivity contribution is 7.09. The molecule has 22 heavy (non-hydrogen) atoms. The summed E-state index contributed by atoms with van der Waals surface area (Å²) in [5.41, 5.74) is 1.42. The van der Waals surface area contributed by atoms with Crippen molar-refractivity contribution in [2.45, 2.75) is 26.5 Å². The SMILES string of the molecule is CNC(C)CNC(=O)c1ccccc1OCc1csc(C)n1. The Hall–Kier alpha value is -1.92. The van der Waals surface area contributed by atoms with Gasteiger partial charge < -0.3 is 15.4 Å². The van der Waals surface area contributed by atoms with Gasteiger partial charge in [0.2, 0.25) is 0 Å². The minimum atomic E-state index is -0.132. The molecular weight excluding hydrogens is 298 g/mol. The Balaban J connectivity index is 2.01. The molecule has 0 aliphatic heterocycles. The number of amides is 1. The summed E-state index contributed by atoms with van der Waals surface area (Å²) in [5.74, 6) is 0.440. The molecule has 0 fully saturated rings. The second-order valence-corrected chi connectivity index (χ2v) is 6.10. The summed E-state index contributed by atoms with van der Waals surface area (Å²) in [6.45, 7) is 4.89. The number of hydrogen-bond donors (Lipinski definition) is 2. The molecule has 1 amide bonds. The topological polar surface area (TPSA) is 63.2 Å². The molecule has 5 nitrogen and oxygen atoms in total. The van der Waals surface area contributed by atoms with E-state index in [1.807, 2.05) is 38.4 Å². The highest BCUT2D eigenvalue weighted by Gasteiger charge is 2.13. The number of nitrogens with one attached hydrogen (secondary N) is 2. The summed E-state index contributed by atoms with van der Waals surface area (Å²) < 4.78 is 5.76. The van der Waals surface area contributed by atoms with E-state index in [0.29, 0.717) is 24.5 Å². The van der Waals surface area contributed by atoms with Crippen molar-refractivity contribution in [3.8, 4) is 5.75 Å². The lowest BCUT2D eigenvalue weighted by Crippen LogP contribution is -2.37. The Morgan fingerprint density at radius 2 is 2.18 bits per heavy atom. The van der Waals surface area contributed by atoms with Crippen LogP contribution >= 0.6 is 11.3 Å². The van der Waals surface area contributed by atoms with E-state index in [2.05, 4.69) is 15.6 Å². The maximum absolute atomic E-state index is 12.3. The predicted molar refractivity (Wildman–Crippen MR) is 88.5 cm³/mol. The number of para-hydroxylation sites is 1. The number of thiazole rings is 1. The van der Waals surface area contributed by atoms with Crippen LogP contribution in [0.15, 0.2) is 29.6 Å². The van der Waals surface area contributed by atoms with Gasteiger partial charge in [-0.15, -0.1) is 11.3 Å². The number of ether oxygens (including phenoxy) is 1. The number of carbonyl (C=O) groups is 1. The van der Waals surface area contributed by atoms with Crippen LogP contribution in [-0.2, 0) is 6.61 Å². The lowest BCUT2D eigenvalue weighted by atomic mass is 10.2. The third-order valence-corrected chi connectivity index (χ3v) is 4.06. The van der Waals surface area contributed by atoms with Crippen LogP contribution in [0.1, 0.15) is 28.0 Å². The van der Waals surface area contributed by atoms with E-state index in [-0.39, 0.29) is 11.9 Å². The fourth-order valence-electron chi connectivity index (χ4n) is 1.85. The molecule has 2 rings (SSSR count). The molecule has 0 radical (unpaired) electrons. The molecule has 0 aliphatic rings. The smallest absolute Gasteiger partial charge is 0.255 e. The van der Waals surface area contributed by atoms with Gasteiger partial charge in [-0.3, -0.25) is 4.79 Å². The van der Waals surface area contributed by atoms with Gasteiger partial charge in [0.15, 0.2) is 0 Å². The first-order valence-corrected chi connectivity index (χ1v) is 8.06. The van der Waals surface area contributed by atoms with Crippen molar-refractivity contribution in [3.63, 3.8) is 0 Å². The van der Waals surface area contributed by atoms with Gasteiger partial charge in [0.1, 0.15) is 12.4 Å². The summed E-state index contributed by atoms with van der Waals surface area (Å²) in [4.78, 5) is 16.6. The van der Waals surface area contributed by atoms with Crippen molar-refractivity contribution < 1.29 is 9.53 Å². The van der Waals surface area contributed by atoms with E-state index in [4.69, 9.17) is 4.74 Å². The van der Waals surface area contributed by atoms with Crippen LogP contribution < -0.4 is 15.4 Å². The van der Waals surface area contributed by atoms with Gasteiger partial charge in [0.25, 0.3) is 5.91 Å². The van der Waals surface area contributed by atoms with E-state index in [9.17, 15) is 4.79 Å². The molecule has 2 N–H and O–H groups in total. The number of benzene rings is 1. The van der Waals surface area contributed by atoms with Gasteiger partial charge in [0.05, 0.1) is 16.3 Å². The summed E-state index contributed by atoms with van der Waals surface area (Å²) in [7, 11) is 1.86. The van der Waals surface area contributed by atoms with Crippen molar-refractivity contribution in [1.82, 2.24) is 15.6 Å². The number of aromatic nitrogens is 1. The van der Waals surface area contributed by atoms with Crippen LogP contribution in [0.5, 0.6) is 5.75 Å². The molecule has 1 aromatic heterocycles. The van der Waals surface area contributed by atoms with Crippen LogP contribution in [-0.4, -0.2) is 30.5 Å². The molecule has 1 unspecified atom stereocenters. The lowest BCUT2D eigenvalue weighted by Gasteiger charge is -2.13.